The minimum atomic E-state index is -0.921. The number of amides is 1. The van der Waals surface area contributed by atoms with Gasteiger partial charge in [-0.25, -0.2) is 0 Å². The van der Waals surface area contributed by atoms with E-state index in [1.54, 1.807) is 12.0 Å². The average molecular weight is 346 g/mol. The SMILES string of the molecule is COCCn1cc(C(=O)N2CCO[C@H](CC(=O)O)C2)c2ccccc21. The van der Waals surface area contributed by atoms with Crippen molar-refractivity contribution in [3.8, 4) is 0 Å². The van der Waals surface area contributed by atoms with Gasteiger partial charge >= 0.3 is 5.97 Å². The van der Waals surface area contributed by atoms with Gasteiger partial charge in [0.2, 0.25) is 0 Å². The second-order valence-electron chi connectivity index (χ2n) is 6.09. The lowest BCUT2D eigenvalue weighted by Gasteiger charge is -2.32. The van der Waals surface area contributed by atoms with Gasteiger partial charge in [0.25, 0.3) is 5.91 Å². The number of carboxylic acid groups (broad SMARTS) is 1. The van der Waals surface area contributed by atoms with E-state index in [-0.39, 0.29) is 12.3 Å². The van der Waals surface area contributed by atoms with Gasteiger partial charge in [-0.05, 0) is 6.07 Å². The summed E-state index contributed by atoms with van der Waals surface area (Å²) in [6.07, 6.45) is 1.30. The monoisotopic (exact) mass is 346 g/mol. The van der Waals surface area contributed by atoms with Gasteiger partial charge in [-0.15, -0.1) is 0 Å². The first kappa shape index (κ1) is 17.4. The first-order valence-corrected chi connectivity index (χ1v) is 8.29. The lowest BCUT2D eigenvalue weighted by molar-refractivity contribution is -0.141. The van der Waals surface area contributed by atoms with E-state index in [1.807, 2.05) is 35.0 Å². The molecule has 1 aromatic carbocycles. The van der Waals surface area contributed by atoms with Crippen LogP contribution in [-0.2, 0) is 20.8 Å². The molecule has 0 unspecified atom stereocenters. The zero-order valence-corrected chi connectivity index (χ0v) is 14.2. The third kappa shape index (κ3) is 3.83. The third-order valence-corrected chi connectivity index (χ3v) is 4.38. The summed E-state index contributed by atoms with van der Waals surface area (Å²) in [4.78, 5) is 25.6. The number of para-hydroxylation sites is 1. The minimum Gasteiger partial charge on any atom is -0.481 e. The molecule has 1 amide bonds. The number of benzene rings is 1. The molecule has 1 saturated heterocycles. The van der Waals surface area contributed by atoms with E-state index in [2.05, 4.69) is 0 Å². The molecule has 0 radical (unpaired) electrons. The Labute approximate surface area is 145 Å². The molecule has 7 nitrogen and oxygen atoms in total. The van der Waals surface area contributed by atoms with Gasteiger partial charge in [0, 0.05) is 43.8 Å². The highest BCUT2D eigenvalue weighted by Gasteiger charge is 2.28. The van der Waals surface area contributed by atoms with Crippen LogP contribution in [0.5, 0.6) is 0 Å². The van der Waals surface area contributed by atoms with Gasteiger partial charge in [-0.1, -0.05) is 18.2 Å². The molecule has 0 aliphatic carbocycles. The van der Waals surface area contributed by atoms with Gasteiger partial charge in [0.15, 0.2) is 0 Å². The van der Waals surface area contributed by atoms with Crippen LogP contribution in [0.25, 0.3) is 10.9 Å². The van der Waals surface area contributed by atoms with Crippen LogP contribution in [0.4, 0.5) is 0 Å². The van der Waals surface area contributed by atoms with E-state index < -0.39 is 12.1 Å². The highest BCUT2D eigenvalue weighted by molar-refractivity contribution is 6.07. The number of methoxy groups -OCH3 is 1. The van der Waals surface area contributed by atoms with E-state index in [0.717, 1.165) is 10.9 Å². The maximum atomic E-state index is 13.0. The van der Waals surface area contributed by atoms with Gasteiger partial charge in [-0.3, -0.25) is 9.59 Å². The number of fused-ring (bicyclic) bond motifs is 1. The average Bonchev–Trinajstić information content (AvgIpc) is 2.98. The maximum Gasteiger partial charge on any atom is 0.306 e. The Balaban J connectivity index is 1.85. The molecule has 3 rings (SSSR count). The number of morpholine rings is 1. The van der Waals surface area contributed by atoms with Crippen LogP contribution in [0.3, 0.4) is 0 Å². The Kier molecular flexibility index (Phi) is 5.35. The molecule has 1 aromatic heterocycles. The molecule has 1 N–H and O–H groups in total. The highest BCUT2D eigenvalue weighted by Crippen LogP contribution is 2.24. The van der Waals surface area contributed by atoms with Crippen LogP contribution in [0, 0.1) is 0 Å². The van der Waals surface area contributed by atoms with Crippen molar-refractivity contribution in [2.45, 2.75) is 19.1 Å². The molecule has 2 aromatic rings. The van der Waals surface area contributed by atoms with E-state index in [0.29, 0.717) is 38.4 Å². The number of hydrogen-bond acceptors (Lipinski definition) is 4. The lowest BCUT2D eigenvalue weighted by atomic mass is 10.1. The van der Waals surface area contributed by atoms with Crippen molar-refractivity contribution in [3.05, 3.63) is 36.0 Å². The smallest absolute Gasteiger partial charge is 0.306 e. The summed E-state index contributed by atoms with van der Waals surface area (Å²) in [5, 5.41) is 9.83. The molecule has 0 spiro atoms. The number of carbonyl (C=O) groups excluding carboxylic acids is 1. The van der Waals surface area contributed by atoms with Crippen molar-refractivity contribution in [2.75, 3.05) is 33.4 Å². The minimum absolute atomic E-state index is 0.0916. The number of hydrogen-bond donors (Lipinski definition) is 1. The first-order chi connectivity index (χ1) is 12.1. The number of rotatable bonds is 6. The lowest BCUT2D eigenvalue weighted by Crippen LogP contribution is -2.46. The molecule has 134 valence electrons. The summed E-state index contributed by atoms with van der Waals surface area (Å²) in [7, 11) is 1.65. The van der Waals surface area contributed by atoms with Crippen LogP contribution in [0.2, 0.25) is 0 Å². The molecule has 0 saturated carbocycles. The quantitative estimate of drug-likeness (QED) is 0.859. The topological polar surface area (TPSA) is 81.0 Å². The fraction of sp³-hybridized carbons (Fsp3) is 0.444. The Bertz CT molecular complexity index is 770. The summed E-state index contributed by atoms with van der Waals surface area (Å²) in [6, 6.07) is 7.76. The summed E-state index contributed by atoms with van der Waals surface area (Å²) in [5.41, 5.74) is 1.61. The zero-order chi connectivity index (χ0) is 17.8. The largest absolute Gasteiger partial charge is 0.481 e. The summed E-state index contributed by atoms with van der Waals surface area (Å²) >= 11 is 0. The molecule has 0 bridgehead atoms. The Morgan fingerprint density at radius 1 is 1.36 bits per heavy atom. The Morgan fingerprint density at radius 3 is 2.92 bits per heavy atom. The van der Waals surface area contributed by atoms with E-state index in [4.69, 9.17) is 14.6 Å². The van der Waals surface area contributed by atoms with Crippen molar-refractivity contribution >= 4 is 22.8 Å². The molecule has 25 heavy (non-hydrogen) atoms. The Morgan fingerprint density at radius 2 is 2.16 bits per heavy atom. The van der Waals surface area contributed by atoms with Crippen LogP contribution < -0.4 is 0 Å². The van der Waals surface area contributed by atoms with Crippen LogP contribution >= 0.6 is 0 Å². The Hall–Kier alpha value is -2.38. The molecular weight excluding hydrogens is 324 g/mol. The molecule has 1 aliphatic heterocycles. The first-order valence-electron chi connectivity index (χ1n) is 8.29. The van der Waals surface area contributed by atoms with Crippen molar-refractivity contribution in [3.63, 3.8) is 0 Å². The summed E-state index contributed by atoms with van der Waals surface area (Å²) < 4.78 is 12.6. The molecule has 1 aliphatic rings. The van der Waals surface area contributed by atoms with Crippen molar-refractivity contribution in [1.82, 2.24) is 9.47 Å². The number of nitrogens with zero attached hydrogens (tertiary/aromatic N) is 2. The van der Waals surface area contributed by atoms with Gasteiger partial charge in [0.1, 0.15) is 0 Å². The molecule has 1 fully saturated rings. The van der Waals surface area contributed by atoms with Gasteiger partial charge in [0.05, 0.1) is 31.3 Å². The molecule has 7 heteroatoms. The van der Waals surface area contributed by atoms with Crippen LogP contribution in [-0.4, -0.2) is 66.0 Å². The fourth-order valence-corrected chi connectivity index (χ4v) is 3.18. The van der Waals surface area contributed by atoms with Gasteiger partial charge in [-0.2, -0.15) is 0 Å². The van der Waals surface area contributed by atoms with E-state index in [1.165, 1.54) is 0 Å². The van der Waals surface area contributed by atoms with E-state index in [9.17, 15) is 9.59 Å². The van der Waals surface area contributed by atoms with Crippen LogP contribution in [0.15, 0.2) is 30.5 Å². The second kappa shape index (κ2) is 7.67. The summed E-state index contributed by atoms with van der Waals surface area (Å²) in [6.45, 7) is 2.33. The maximum absolute atomic E-state index is 13.0. The fourth-order valence-electron chi connectivity index (χ4n) is 3.18. The predicted octanol–water partition coefficient (Wildman–Crippen LogP) is 1.60. The number of aromatic nitrogens is 1. The summed E-state index contributed by atoms with van der Waals surface area (Å²) in [5.74, 6) is -1.01. The zero-order valence-electron chi connectivity index (χ0n) is 14.2. The number of ether oxygens (including phenoxy) is 2. The molecule has 1 atom stereocenters. The van der Waals surface area contributed by atoms with Crippen LogP contribution in [0.1, 0.15) is 16.8 Å². The van der Waals surface area contributed by atoms with Crippen molar-refractivity contribution in [1.29, 1.82) is 0 Å². The molecular formula is C18H22N2O5. The number of carboxylic acids is 1. The number of aliphatic carboxylic acids is 1. The third-order valence-electron chi connectivity index (χ3n) is 4.38. The number of carbonyl (C=O) groups is 2. The normalized spacial score (nSPS) is 17.8. The van der Waals surface area contributed by atoms with Gasteiger partial charge < -0.3 is 24.0 Å². The standard InChI is InChI=1S/C18H22N2O5/c1-24-8-6-19-12-15(14-4-2-3-5-16(14)19)18(23)20-7-9-25-13(11-20)10-17(21)22/h2-5,12-13H,6-11H2,1H3,(H,21,22)/t13-/m1/s1. The van der Waals surface area contributed by atoms with E-state index >= 15 is 0 Å². The predicted molar refractivity (Wildman–Crippen MR) is 91.7 cm³/mol. The van der Waals surface area contributed by atoms with Crippen molar-refractivity contribution in [2.24, 2.45) is 0 Å². The molecule has 2 heterocycles. The highest BCUT2D eigenvalue weighted by atomic mass is 16.5. The second-order valence-corrected chi connectivity index (χ2v) is 6.09. The van der Waals surface area contributed by atoms with Crippen molar-refractivity contribution < 1.29 is 24.2 Å².